The third kappa shape index (κ3) is 17.8. The number of carbonyl (C=O) groups is 2. The number of carbonyl (C=O) groups excluding carboxylic acids is 2. The largest absolute Gasteiger partial charge is 0.512 e. The van der Waals surface area contributed by atoms with Crippen molar-refractivity contribution < 1.29 is 29.3 Å². The molecular formula is C29H43Cl2N5O6. The predicted octanol–water partition coefficient (Wildman–Crippen LogP) is 4.21. The molecule has 0 saturated carbocycles. The number of nitrogens with two attached hydrogens (primary N) is 1. The normalized spacial score (nSPS) is 10.0. The number of hydrogen-bond donors (Lipinski definition) is 4. The van der Waals surface area contributed by atoms with Crippen LogP contribution in [0, 0.1) is 6.92 Å². The Morgan fingerprint density at radius 2 is 1.52 bits per heavy atom. The van der Waals surface area contributed by atoms with Gasteiger partial charge >= 0.3 is 11.9 Å². The van der Waals surface area contributed by atoms with Crippen molar-refractivity contribution in [3.05, 3.63) is 101 Å². The van der Waals surface area contributed by atoms with Crippen LogP contribution in [0.5, 0.6) is 0 Å². The molecule has 1 aromatic heterocycles. The standard InChI is InChI=1S/C13H14N2O2.C7H10N2.C7H11NO3.C2H6O.2ClH/c1-10-12(13(16)17-2)9-15(14-10)8-11-6-4-3-5-7-11;8-9-6-7-4-2-1-3-5-7;1-5(9)6(4-8-2)7(10)11-3;1-2-3;;/h3-7,9H,8H2,1-2H3;1-5,9H,6,8H2;4,9H,1-3H3;3H,2H2,1H3;2*1H. The van der Waals surface area contributed by atoms with Crippen LogP contribution in [-0.4, -0.2) is 66.0 Å². The molecule has 3 aromatic rings. The zero-order valence-electron chi connectivity index (χ0n) is 24.8. The van der Waals surface area contributed by atoms with Gasteiger partial charge in [-0.05, 0) is 31.9 Å². The first-order chi connectivity index (χ1) is 19.2. The second kappa shape index (κ2) is 26.2. The molecule has 0 saturated heterocycles. The van der Waals surface area contributed by atoms with Crippen molar-refractivity contribution >= 4 is 43.0 Å². The topological polar surface area (TPSA) is 161 Å². The molecule has 0 bridgehead atoms. The van der Waals surface area contributed by atoms with Crippen LogP contribution in [0.2, 0.25) is 0 Å². The summed E-state index contributed by atoms with van der Waals surface area (Å²) in [5.41, 5.74) is 6.22. The molecule has 3 rings (SSSR count). The molecule has 0 spiro atoms. The number of nitrogens with zero attached hydrogens (tertiary/aromatic N) is 3. The highest BCUT2D eigenvalue weighted by atomic mass is 35.5. The highest BCUT2D eigenvalue weighted by Crippen LogP contribution is 2.09. The fourth-order valence-electron chi connectivity index (χ4n) is 2.93. The molecule has 13 heteroatoms. The van der Waals surface area contributed by atoms with Crippen molar-refractivity contribution in [3.63, 3.8) is 0 Å². The molecule has 0 amide bonds. The Morgan fingerprint density at radius 1 is 1.02 bits per heavy atom. The average Bonchev–Trinajstić information content (AvgIpc) is 3.32. The van der Waals surface area contributed by atoms with Crippen molar-refractivity contribution in [2.45, 2.75) is 33.9 Å². The van der Waals surface area contributed by atoms with Gasteiger partial charge in [0.25, 0.3) is 0 Å². The summed E-state index contributed by atoms with van der Waals surface area (Å²) in [5, 5.41) is 20.8. The summed E-state index contributed by atoms with van der Waals surface area (Å²) in [6.45, 7) is 6.52. The number of allylic oxidation sites excluding steroid dienone is 1. The summed E-state index contributed by atoms with van der Waals surface area (Å²) in [6.07, 6.45) is 2.97. The highest BCUT2D eigenvalue weighted by Gasteiger charge is 2.13. The number of aryl methyl sites for hydroxylation is 1. The van der Waals surface area contributed by atoms with E-state index in [0.29, 0.717) is 17.8 Å². The minimum Gasteiger partial charge on any atom is -0.512 e. The van der Waals surface area contributed by atoms with E-state index < -0.39 is 5.97 Å². The number of nitrogens with one attached hydrogen (secondary N) is 1. The van der Waals surface area contributed by atoms with Crippen LogP contribution in [0.3, 0.4) is 0 Å². The Morgan fingerprint density at radius 3 is 1.93 bits per heavy atom. The van der Waals surface area contributed by atoms with Gasteiger partial charge in [-0.15, -0.1) is 24.8 Å². The number of hydrazine groups is 1. The van der Waals surface area contributed by atoms with E-state index in [1.54, 1.807) is 24.7 Å². The molecule has 0 aliphatic rings. The number of rotatable bonds is 7. The maximum Gasteiger partial charge on any atom is 0.342 e. The summed E-state index contributed by atoms with van der Waals surface area (Å²) in [4.78, 5) is 25.8. The number of hydrogen-bond acceptors (Lipinski definition) is 10. The van der Waals surface area contributed by atoms with E-state index >= 15 is 0 Å². The lowest BCUT2D eigenvalue weighted by atomic mass is 10.2. The summed E-state index contributed by atoms with van der Waals surface area (Å²) >= 11 is 0. The summed E-state index contributed by atoms with van der Waals surface area (Å²) in [7, 11) is 4.12. The van der Waals surface area contributed by atoms with Gasteiger partial charge in [-0.1, -0.05) is 60.7 Å². The van der Waals surface area contributed by atoms with Crippen LogP contribution in [0.4, 0.5) is 0 Å². The molecule has 0 aliphatic carbocycles. The van der Waals surface area contributed by atoms with Crippen molar-refractivity contribution in [1.82, 2.24) is 15.2 Å². The summed E-state index contributed by atoms with van der Waals surface area (Å²) < 4.78 is 10.8. The number of methoxy groups -OCH3 is 2. The molecule has 0 unspecified atom stereocenters. The first-order valence-electron chi connectivity index (χ1n) is 12.3. The van der Waals surface area contributed by atoms with E-state index in [2.05, 4.69) is 25.0 Å². The number of halogens is 2. The Hall–Kier alpha value is -3.74. The van der Waals surface area contributed by atoms with Gasteiger partial charge in [0.2, 0.25) is 0 Å². The molecule has 2 aromatic carbocycles. The van der Waals surface area contributed by atoms with Gasteiger partial charge < -0.3 is 19.7 Å². The van der Waals surface area contributed by atoms with E-state index in [1.807, 2.05) is 60.7 Å². The van der Waals surface area contributed by atoms with Gasteiger partial charge in [0, 0.05) is 32.6 Å². The van der Waals surface area contributed by atoms with E-state index in [1.165, 1.54) is 40.0 Å². The Balaban J connectivity index is -0.000000533. The monoisotopic (exact) mass is 627 g/mol. The number of aliphatic hydroxyl groups is 2. The van der Waals surface area contributed by atoms with Gasteiger partial charge in [0.1, 0.15) is 16.9 Å². The number of ether oxygens (including phenoxy) is 2. The molecule has 5 N–H and O–H groups in total. The molecule has 11 nitrogen and oxygen atoms in total. The fraction of sp³-hybridized carbons (Fsp3) is 0.310. The van der Waals surface area contributed by atoms with Crippen molar-refractivity contribution in [1.29, 1.82) is 0 Å². The van der Waals surface area contributed by atoms with Gasteiger partial charge in [0.05, 0.1) is 26.5 Å². The van der Waals surface area contributed by atoms with Crippen molar-refractivity contribution in [2.24, 2.45) is 10.8 Å². The van der Waals surface area contributed by atoms with Crippen LogP contribution in [0.15, 0.2) is 83.2 Å². The lowest BCUT2D eigenvalue weighted by molar-refractivity contribution is -0.135. The quantitative estimate of drug-likeness (QED) is 0.0750. The molecule has 0 atom stereocenters. The zero-order chi connectivity index (χ0) is 30.3. The zero-order valence-corrected chi connectivity index (χ0v) is 26.4. The van der Waals surface area contributed by atoms with E-state index in [-0.39, 0.29) is 48.7 Å². The number of aromatic nitrogens is 2. The molecule has 0 fully saturated rings. The second-order valence-electron chi connectivity index (χ2n) is 7.86. The molecular weight excluding hydrogens is 585 g/mol. The first-order valence-corrected chi connectivity index (χ1v) is 12.3. The Labute approximate surface area is 260 Å². The van der Waals surface area contributed by atoms with Crippen LogP contribution >= 0.6 is 24.8 Å². The molecule has 0 radical (unpaired) electrons. The lowest BCUT2D eigenvalue weighted by Gasteiger charge is -2.00. The molecule has 234 valence electrons. The number of benzene rings is 2. The minimum atomic E-state index is -0.587. The van der Waals surface area contributed by atoms with Crippen LogP contribution in [0.25, 0.3) is 0 Å². The maximum atomic E-state index is 11.4. The molecule has 42 heavy (non-hydrogen) atoms. The molecule has 1 heterocycles. The average molecular weight is 629 g/mol. The third-order valence-corrected chi connectivity index (χ3v) is 4.74. The number of aliphatic hydroxyl groups excluding tert-OH is 2. The summed E-state index contributed by atoms with van der Waals surface area (Å²) in [6, 6.07) is 20.0. The van der Waals surface area contributed by atoms with Crippen LogP contribution in [-0.2, 0) is 27.4 Å². The van der Waals surface area contributed by atoms with Crippen molar-refractivity contribution in [3.8, 4) is 0 Å². The van der Waals surface area contributed by atoms with Crippen molar-refractivity contribution in [2.75, 3.05) is 27.9 Å². The third-order valence-electron chi connectivity index (χ3n) is 4.74. The van der Waals surface area contributed by atoms with Crippen LogP contribution < -0.4 is 11.3 Å². The Bertz CT molecular complexity index is 1190. The second-order valence-corrected chi connectivity index (χ2v) is 7.86. The minimum absolute atomic E-state index is 0. The lowest BCUT2D eigenvalue weighted by Crippen LogP contribution is -2.20. The smallest absolute Gasteiger partial charge is 0.342 e. The van der Waals surface area contributed by atoms with Crippen LogP contribution in [0.1, 0.15) is 41.0 Å². The van der Waals surface area contributed by atoms with Gasteiger partial charge in [0.15, 0.2) is 0 Å². The van der Waals surface area contributed by atoms with Gasteiger partial charge in [-0.25, -0.2) is 9.59 Å². The number of esters is 2. The molecule has 0 aliphatic heterocycles. The predicted molar refractivity (Wildman–Crippen MR) is 170 cm³/mol. The van der Waals surface area contributed by atoms with Gasteiger partial charge in [-0.3, -0.25) is 20.9 Å². The Kier molecular flexibility index (Phi) is 26.6. The fourth-order valence-corrected chi connectivity index (χ4v) is 2.93. The van der Waals surface area contributed by atoms with Gasteiger partial charge in [-0.2, -0.15) is 5.10 Å². The van der Waals surface area contributed by atoms with E-state index in [4.69, 9.17) is 16.1 Å². The van der Waals surface area contributed by atoms with E-state index in [0.717, 1.165) is 12.1 Å². The highest BCUT2D eigenvalue weighted by molar-refractivity contribution is 6.09. The number of aliphatic imine (C=N–C) groups is 1. The first kappa shape index (κ1) is 42.7. The SMILES string of the molecule is CCO.CN=CC(C(=O)OC)=C(C)O.COC(=O)c1cn(Cc2ccccc2)nc1C.Cl.Cl.NNCc1ccccc1. The summed E-state index contributed by atoms with van der Waals surface area (Å²) in [5.74, 6) is 4.08. The van der Waals surface area contributed by atoms with E-state index in [9.17, 15) is 9.59 Å². The maximum absolute atomic E-state index is 11.4.